The Balaban J connectivity index is 2.22. The van der Waals surface area contributed by atoms with E-state index in [0.29, 0.717) is 6.61 Å². The molecule has 0 amide bonds. The van der Waals surface area contributed by atoms with Crippen molar-refractivity contribution >= 4 is 28.6 Å². The highest BCUT2D eigenvalue weighted by molar-refractivity contribution is 7.99. The average molecular weight is 291 g/mol. The SMILES string of the molecule is CCOC(=O)CSc1nc2ccc(OC)cc2cc1C. The van der Waals surface area contributed by atoms with Crippen molar-refractivity contribution in [3.05, 3.63) is 29.8 Å². The highest BCUT2D eigenvalue weighted by Crippen LogP contribution is 2.26. The molecule has 0 unspecified atom stereocenters. The van der Waals surface area contributed by atoms with Gasteiger partial charge in [-0.25, -0.2) is 4.98 Å². The van der Waals surface area contributed by atoms with Crippen LogP contribution < -0.4 is 4.74 Å². The number of nitrogens with zero attached hydrogens (tertiary/aromatic N) is 1. The van der Waals surface area contributed by atoms with Gasteiger partial charge >= 0.3 is 5.97 Å². The van der Waals surface area contributed by atoms with Crippen LogP contribution in [0.2, 0.25) is 0 Å². The number of aromatic nitrogens is 1. The van der Waals surface area contributed by atoms with Crippen LogP contribution in [0, 0.1) is 6.92 Å². The van der Waals surface area contributed by atoms with E-state index in [1.807, 2.05) is 25.1 Å². The van der Waals surface area contributed by atoms with E-state index in [1.165, 1.54) is 11.8 Å². The fourth-order valence-corrected chi connectivity index (χ4v) is 2.63. The van der Waals surface area contributed by atoms with E-state index in [4.69, 9.17) is 9.47 Å². The summed E-state index contributed by atoms with van der Waals surface area (Å²) in [5, 5.41) is 1.89. The number of carbonyl (C=O) groups is 1. The maximum absolute atomic E-state index is 11.4. The van der Waals surface area contributed by atoms with Crippen molar-refractivity contribution in [1.82, 2.24) is 4.98 Å². The van der Waals surface area contributed by atoms with Gasteiger partial charge in [0.05, 0.1) is 25.0 Å². The first-order valence-corrected chi connectivity index (χ1v) is 7.36. The molecule has 2 rings (SSSR count). The van der Waals surface area contributed by atoms with Crippen molar-refractivity contribution in [2.75, 3.05) is 19.5 Å². The zero-order valence-corrected chi connectivity index (χ0v) is 12.6. The Labute approximate surface area is 122 Å². The van der Waals surface area contributed by atoms with Crippen LogP contribution in [0.4, 0.5) is 0 Å². The highest BCUT2D eigenvalue weighted by atomic mass is 32.2. The number of esters is 1. The van der Waals surface area contributed by atoms with Crippen molar-refractivity contribution < 1.29 is 14.3 Å². The minimum Gasteiger partial charge on any atom is -0.497 e. The maximum atomic E-state index is 11.4. The van der Waals surface area contributed by atoms with Crippen molar-refractivity contribution in [2.45, 2.75) is 18.9 Å². The van der Waals surface area contributed by atoms with Gasteiger partial charge < -0.3 is 9.47 Å². The topological polar surface area (TPSA) is 48.4 Å². The molecular formula is C15H17NO3S. The van der Waals surface area contributed by atoms with Crippen LogP contribution in [0.5, 0.6) is 5.75 Å². The molecule has 1 heterocycles. The van der Waals surface area contributed by atoms with Crippen LogP contribution in [-0.2, 0) is 9.53 Å². The second-order valence-electron chi connectivity index (χ2n) is 4.26. The molecule has 1 aromatic carbocycles. The van der Waals surface area contributed by atoms with Crippen molar-refractivity contribution in [3.8, 4) is 5.75 Å². The number of rotatable bonds is 5. The van der Waals surface area contributed by atoms with E-state index in [1.54, 1.807) is 14.0 Å². The molecule has 0 bridgehead atoms. The van der Waals surface area contributed by atoms with Crippen molar-refractivity contribution in [3.63, 3.8) is 0 Å². The number of hydrogen-bond donors (Lipinski definition) is 0. The van der Waals surface area contributed by atoms with Crippen LogP contribution in [-0.4, -0.2) is 30.4 Å². The molecule has 0 saturated carbocycles. The van der Waals surface area contributed by atoms with Gasteiger partial charge in [0, 0.05) is 5.39 Å². The summed E-state index contributed by atoms with van der Waals surface area (Å²) in [5.41, 5.74) is 1.93. The first-order valence-electron chi connectivity index (χ1n) is 6.38. The summed E-state index contributed by atoms with van der Waals surface area (Å²) in [5.74, 6) is 0.878. The average Bonchev–Trinajstić information content (AvgIpc) is 2.44. The molecule has 0 fully saturated rings. The molecule has 0 N–H and O–H groups in total. The number of pyridine rings is 1. The maximum Gasteiger partial charge on any atom is 0.316 e. The van der Waals surface area contributed by atoms with Crippen LogP contribution in [0.25, 0.3) is 10.9 Å². The molecule has 4 nitrogen and oxygen atoms in total. The van der Waals surface area contributed by atoms with Crippen LogP contribution in [0.15, 0.2) is 29.3 Å². The first-order chi connectivity index (χ1) is 9.63. The highest BCUT2D eigenvalue weighted by Gasteiger charge is 2.08. The number of hydrogen-bond acceptors (Lipinski definition) is 5. The Morgan fingerprint density at radius 2 is 2.15 bits per heavy atom. The zero-order valence-electron chi connectivity index (χ0n) is 11.8. The van der Waals surface area contributed by atoms with Crippen molar-refractivity contribution in [1.29, 1.82) is 0 Å². The van der Waals surface area contributed by atoms with Crippen LogP contribution >= 0.6 is 11.8 Å². The Kier molecular flexibility index (Phi) is 4.84. The van der Waals surface area contributed by atoms with Crippen molar-refractivity contribution in [2.24, 2.45) is 0 Å². The Morgan fingerprint density at radius 1 is 1.35 bits per heavy atom. The van der Waals surface area contributed by atoms with Crippen LogP contribution in [0.3, 0.4) is 0 Å². The Hall–Kier alpha value is -1.75. The summed E-state index contributed by atoms with van der Waals surface area (Å²) >= 11 is 1.40. The van der Waals surface area contributed by atoms with Gasteiger partial charge in [-0.05, 0) is 43.7 Å². The molecule has 0 saturated heterocycles. The third kappa shape index (κ3) is 3.42. The lowest BCUT2D eigenvalue weighted by Gasteiger charge is -2.08. The van der Waals surface area contributed by atoms with Crippen LogP contribution in [0.1, 0.15) is 12.5 Å². The molecule has 0 radical (unpaired) electrons. The predicted molar refractivity (Wildman–Crippen MR) is 80.4 cm³/mol. The minimum absolute atomic E-state index is 0.214. The standard InChI is InChI=1S/C15H17NO3S/c1-4-19-14(17)9-20-15-10(2)7-11-8-12(18-3)5-6-13(11)16-15/h5-8H,4,9H2,1-3H3. The van der Waals surface area contributed by atoms with Gasteiger partial charge in [0.25, 0.3) is 0 Å². The summed E-state index contributed by atoms with van der Waals surface area (Å²) in [6.07, 6.45) is 0. The fraction of sp³-hybridized carbons (Fsp3) is 0.333. The molecular weight excluding hydrogens is 274 g/mol. The van der Waals surface area contributed by atoms with Gasteiger partial charge in [-0.15, -0.1) is 0 Å². The number of ether oxygens (including phenoxy) is 2. The van der Waals surface area contributed by atoms with E-state index < -0.39 is 0 Å². The molecule has 2 aromatic rings. The molecule has 0 aliphatic rings. The Morgan fingerprint density at radius 3 is 2.85 bits per heavy atom. The summed E-state index contributed by atoms with van der Waals surface area (Å²) in [7, 11) is 1.64. The van der Waals surface area contributed by atoms with Gasteiger partial charge in [-0.1, -0.05) is 11.8 Å². The number of thioether (sulfide) groups is 1. The van der Waals surface area contributed by atoms with Gasteiger partial charge in [0.15, 0.2) is 0 Å². The van der Waals surface area contributed by atoms with Gasteiger partial charge in [0.2, 0.25) is 0 Å². The smallest absolute Gasteiger partial charge is 0.316 e. The normalized spacial score (nSPS) is 10.6. The van der Waals surface area contributed by atoms with E-state index in [9.17, 15) is 4.79 Å². The second kappa shape index (κ2) is 6.61. The number of benzene rings is 1. The van der Waals surface area contributed by atoms with Gasteiger partial charge in [-0.3, -0.25) is 4.79 Å². The lowest BCUT2D eigenvalue weighted by atomic mass is 10.1. The monoisotopic (exact) mass is 291 g/mol. The largest absolute Gasteiger partial charge is 0.497 e. The first kappa shape index (κ1) is 14.7. The molecule has 5 heteroatoms. The summed E-state index contributed by atoms with van der Waals surface area (Å²) < 4.78 is 10.1. The number of carbonyl (C=O) groups excluding carboxylic acids is 1. The van der Waals surface area contributed by atoms with E-state index in [2.05, 4.69) is 11.1 Å². The van der Waals surface area contributed by atoms with Gasteiger partial charge in [-0.2, -0.15) is 0 Å². The molecule has 1 aromatic heterocycles. The molecule has 106 valence electrons. The molecule has 0 atom stereocenters. The number of fused-ring (bicyclic) bond motifs is 1. The summed E-state index contributed by atoms with van der Waals surface area (Å²) in [4.78, 5) is 16.0. The fourth-order valence-electron chi connectivity index (χ4n) is 1.85. The quantitative estimate of drug-likeness (QED) is 0.625. The number of methoxy groups -OCH3 is 1. The summed E-state index contributed by atoms with van der Waals surface area (Å²) in [6.45, 7) is 4.19. The molecule has 20 heavy (non-hydrogen) atoms. The molecule has 0 spiro atoms. The minimum atomic E-state index is -0.214. The summed E-state index contributed by atoms with van der Waals surface area (Å²) in [6, 6.07) is 7.81. The Bertz CT molecular complexity index is 628. The lowest BCUT2D eigenvalue weighted by molar-refractivity contribution is -0.139. The van der Waals surface area contributed by atoms with E-state index in [0.717, 1.165) is 27.2 Å². The third-order valence-electron chi connectivity index (χ3n) is 2.80. The van der Waals surface area contributed by atoms with E-state index in [-0.39, 0.29) is 11.7 Å². The predicted octanol–water partition coefficient (Wildman–Crippen LogP) is 3.21. The van der Waals surface area contributed by atoms with Gasteiger partial charge in [0.1, 0.15) is 10.8 Å². The third-order valence-corrected chi connectivity index (χ3v) is 3.86. The molecule has 0 aliphatic heterocycles. The number of aryl methyl sites for hydroxylation is 1. The lowest BCUT2D eigenvalue weighted by Crippen LogP contribution is -2.07. The van der Waals surface area contributed by atoms with E-state index >= 15 is 0 Å². The molecule has 0 aliphatic carbocycles. The zero-order chi connectivity index (χ0) is 14.5. The second-order valence-corrected chi connectivity index (χ2v) is 5.23.